The van der Waals surface area contributed by atoms with Crippen molar-refractivity contribution in [2.45, 2.75) is 13.5 Å². The quantitative estimate of drug-likeness (QED) is 0.484. The molecule has 0 radical (unpaired) electrons. The van der Waals surface area contributed by atoms with Crippen LogP contribution in [0, 0.1) is 6.92 Å². The molecular formula is C23H18N4O. The molecule has 2 aromatic heterocycles. The summed E-state index contributed by atoms with van der Waals surface area (Å²) in [5.41, 5.74) is 3.78. The van der Waals surface area contributed by atoms with Crippen LogP contribution in [0.15, 0.2) is 83.7 Å². The highest BCUT2D eigenvalue weighted by Gasteiger charge is 2.17. The van der Waals surface area contributed by atoms with Gasteiger partial charge in [0.25, 0.3) is 5.56 Å². The SMILES string of the molecule is Cc1ccc(-c2nn3c(=O)c4ccccc4nc3n2Cc2ccccc2)cc1. The Balaban J connectivity index is 1.83. The molecule has 5 rings (SSSR count). The maximum atomic E-state index is 13.0. The van der Waals surface area contributed by atoms with Crippen molar-refractivity contribution in [2.24, 2.45) is 0 Å². The highest BCUT2D eigenvalue weighted by atomic mass is 16.1. The number of aromatic nitrogens is 4. The van der Waals surface area contributed by atoms with Crippen LogP contribution in [-0.2, 0) is 6.54 Å². The van der Waals surface area contributed by atoms with Gasteiger partial charge >= 0.3 is 0 Å². The third-order valence-electron chi connectivity index (χ3n) is 4.92. The van der Waals surface area contributed by atoms with Crippen molar-refractivity contribution in [3.8, 4) is 11.4 Å². The molecule has 28 heavy (non-hydrogen) atoms. The van der Waals surface area contributed by atoms with E-state index in [0.29, 0.717) is 23.2 Å². The third-order valence-corrected chi connectivity index (χ3v) is 4.92. The second-order valence-corrected chi connectivity index (χ2v) is 6.91. The van der Waals surface area contributed by atoms with Gasteiger partial charge in [-0.3, -0.25) is 9.36 Å². The molecule has 0 aliphatic carbocycles. The first-order valence-corrected chi connectivity index (χ1v) is 9.20. The van der Waals surface area contributed by atoms with Gasteiger partial charge in [0.05, 0.1) is 17.4 Å². The van der Waals surface area contributed by atoms with Gasteiger partial charge in [0.15, 0.2) is 5.82 Å². The molecule has 0 unspecified atom stereocenters. The van der Waals surface area contributed by atoms with Gasteiger partial charge < -0.3 is 0 Å². The molecule has 0 atom stereocenters. The fourth-order valence-corrected chi connectivity index (χ4v) is 3.45. The predicted octanol–water partition coefficient (Wildman–Crippen LogP) is 4.07. The molecule has 5 aromatic rings. The molecule has 0 spiro atoms. The Morgan fingerprint density at radius 2 is 1.57 bits per heavy atom. The Labute approximate surface area is 161 Å². The van der Waals surface area contributed by atoms with Crippen LogP contribution >= 0.6 is 0 Å². The molecule has 5 nitrogen and oxygen atoms in total. The normalized spacial score (nSPS) is 11.3. The topological polar surface area (TPSA) is 52.2 Å². The van der Waals surface area contributed by atoms with E-state index < -0.39 is 0 Å². The van der Waals surface area contributed by atoms with Gasteiger partial charge in [0, 0.05) is 5.56 Å². The molecule has 2 heterocycles. The van der Waals surface area contributed by atoms with Gasteiger partial charge in [0.2, 0.25) is 5.78 Å². The standard InChI is InChI=1S/C23H18N4O/c1-16-11-13-18(14-12-16)21-25-27-22(28)19-9-5-6-10-20(19)24-23(27)26(21)15-17-7-3-2-4-8-17/h2-14H,15H2,1H3. The zero-order chi connectivity index (χ0) is 19.1. The molecule has 5 heteroatoms. The van der Waals surface area contributed by atoms with E-state index in [2.05, 4.69) is 24.2 Å². The van der Waals surface area contributed by atoms with Crippen LogP contribution in [0.2, 0.25) is 0 Å². The summed E-state index contributed by atoms with van der Waals surface area (Å²) in [7, 11) is 0. The number of nitrogens with zero attached hydrogens (tertiary/aromatic N) is 4. The van der Waals surface area contributed by atoms with Gasteiger partial charge in [-0.2, -0.15) is 4.52 Å². The molecule has 0 N–H and O–H groups in total. The maximum Gasteiger partial charge on any atom is 0.283 e. The molecule has 0 bridgehead atoms. The molecule has 0 fully saturated rings. The summed E-state index contributed by atoms with van der Waals surface area (Å²) in [5.74, 6) is 1.27. The van der Waals surface area contributed by atoms with Crippen molar-refractivity contribution >= 4 is 16.7 Å². The Kier molecular flexibility index (Phi) is 3.79. The molecule has 0 saturated carbocycles. The summed E-state index contributed by atoms with van der Waals surface area (Å²) in [6.45, 7) is 2.63. The summed E-state index contributed by atoms with van der Waals surface area (Å²) >= 11 is 0. The van der Waals surface area contributed by atoms with Crippen LogP contribution in [-0.4, -0.2) is 19.2 Å². The Morgan fingerprint density at radius 1 is 0.857 bits per heavy atom. The molecule has 0 aliphatic rings. The minimum atomic E-state index is -0.152. The fourth-order valence-electron chi connectivity index (χ4n) is 3.45. The second kappa shape index (κ2) is 6.46. The maximum absolute atomic E-state index is 13.0. The van der Waals surface area contributed by atoms with Crippen LogP contribution in [0.5, 0.6) is 0 Å². The van der Waals surface area contributed by atoms with Crippen molar-refractivity contribution < 1.29 is 0 Å². The van der Waals surface area contributed by atoms with Gasteiger partial charge in [-0.1, -0.05) is 72.3 Å². The molecule has 0 saturated heterocycles. The summed E-state index contributed by atoms with van der Waals surface area (Å²) in [4.78, 5) is 17.8. The fraction of sp³-hybridized carbons (Fsp3) is 0.0870. The van der Waals surface area contributed by atoms with E-state index in [1.54, 1.807) is 6.07 Å². The van der Waals surface area contributed by atoms with E-state index in [4.69, 9.17) is 4.98 Å². The van der Waals surface area contributed by atoms with E-state index in [1.165, 1.54) is 10.1 Å². The second-order valence-electron chi connectivity index (χ2n) is 6.91. The van der Waals surface area contributed by atoms with Gasteiger partial charge in [-0.25, -0.2) is 4.98 Å². The molecular weight excluding hydrogens is 348 g/mol. The number of aryl methyl sites for hydroxylation is 1. The number of rotatable bonds is 3. The van der Waals surface area contributed by atoms with E-state index >= 15 is 0 Å². The van der Waals surface area contributed by atoms with Gasteiger partial charge in [-0.15, -0.1) is 5.10 Å². The number of hydrogen-bond acceptors (Lipinski definition) is 3. The van der Waals surface area contributed by atoms with E-state index in [-0.39, 0.29) is 5.56 Å². The van der Waals surface area contributed by atoms with Crippen molar-refractivity contribution in [1.29, 1.82) is 0 Å². The minimum absolute atomic E-state index is 0.152. The van der Waals surface area contributed by atoms with E-state index in [0.717, 1.165) is 17.0 Å². The lowest BCUT2D eigenvalue weighted by Gasteiger charge is -2.08. The van der Waals surface area contributed by atoms with Crippen molar-refractivity contribution in [1.82, 2.24) is 19.2 Å². The first kappa shape index (κ1) is 16.4. The highest BCUT2D eigenvalue weighted by Crippen LogP contribution is 2.22. The Morgan fingerprint density at radius 3 is 2.36 bits per heavy atom. The number of hydrogen-bond donors (Lipinski definition) is 0. The lowest BCUT2D eigenvalue weighted by atomic mass is 10.1. The van der Waals surface area contributed by atoms with E-state index in [9.17, 15) is 4.79 Å². The Bertz CT molecular complexity index is 1350. The molecule has 3 aromatic carbocycles. The summed E-state index contributed by atoms with van der Waals surface area (Å²) in [5, 5.41) is 5.23. The number of para-hydroxylation sites is 1. The summed E-state index contributed by atoms with van der Waals surface area (Å²) < 4.78 is 3.42. The minimum Gasteiger partial charge on any atom is -0.288 e. The molecule has 0 amide bonds. The average molecular weight is 366 g/mol. The van der Waals surface area contributed by atoms with E-state index in [1.807, 2.05) is 65.2 Å². The monoisotopic (exact) mass is 366 g/mol. The van der Waals surface area contributed by atoms with Crippen molar-refractivity contribution in [2.75, 3.05) is 0 Å². The van der Waals surface area contributed by atoms with Gasteiger partial charge in [-0.05, 0) is 24.6 Å². The zero-order valence-corrected chi connectivity index (χ0v) is 15.4. The van der Waals surface area contributed by atoms with Crippen LogP contribution < -0.4 is 5.56 Å². The lowest BCUT2D eigenvalue weighted by Crippen LogP contribution is -2.16. The van der Waals surface area contributed by atoms with Crippen molar-refractivity contribution in [3.63, 3.8) is 0 Å². The van der Waals surface area contributed by atoms with Crippen LogP contribution in [0.1, 0.15) is 11.1 Å². The summed E-state index contributed by atoms with van der Waals surface area (Å²) in [6, 6.07) is 25.7. The lowest BCUT2D eigenvalue weighted by molar-refractivity contribution is 0.820. The number of fused-ring (bicyclic) bond motifs is 2. The zero-order valence-electron chi connectivity index (χ0n) is 15.4. The van der Waals surface area contributed by atoms with Crippen LogP contribution in [0.4, 0.5) is 0 Å². The molecule has 0 aliphatic heterocycles. The first-order chi connectivity index (χ1) is 13.7. The first-order valence-electron chi connectivity index (χ1n) is 9.20. The van der Waals surface area contributed by atoms with Crippen molar-refractivity contribution in [3.05, 3.63) is 100 Å². The summed E-state index contributed by atoms with van der Waals surface area (Å²) in [6.07, 6.45) is 0. The smallest absolute Gasteiger partial charge is 0.283 e. The van der Waals surface area contributed by atoms with Crippen LogP contribution in [0.25, 0.3) is 28.1 Å². The average Bonchev–Trinajstić information content (AvgIpc) is 3.08. The number of benzene rings is 3. The molecule has 136 valence electrons. The third kappa shape index (κ3) is 2.68. The largest absolute Gasteiger partial charge is 0.288 e. The van der Waals surface area contributed by atoms with Gasteiger partial charge in [0.1, 0.15) is 0 Å². The Hall–Kier alpha value is -3.73. The predicted molar refractivity (Wildman–Crippen MR) is 110 cm³/mol. The van der Waals surface area contributed by atoms with Crippen LogP contribution in [0.3, 0.4) is 0 Å². The highest BCUT2D eigenvalue weighted by molar-refractivity contribution is 5.79.